The molecule has 0 heterocycles. The zero-order chi connectivity index (χ0) is 15.1. The number of hydrogen-bond acceptors (Lipinski definition) is 4. The molecule has 1 amide bonds. The van der Waals surface area contributed by atoms with Crippen molar-refractivity contribution in [3.63, 3.8) is 0 Å². The van der Waals surface area contributed by atoms with Crippen LogP contribution >= 0.6 is 0 Å². The fourth-order valence-corrected chi connectivity index (χ4v) is 1.40. The van der Waals surface area contributed by atoms with E-state index in [4.69, 9.17) is 10.5 Å². The average molecular weight is 284 g/mol. The molecule has 1 aromatic rings. The number of aliphatic hydroxyl groups is 1. The third-order valence-corrected chi connectivity index (χ3v) is 2.97. The second-order valence-corrected chi connectivity index (χ2v) is 4.81. The number of ether oxygens (including phenoxy) is 1. The Balaban J connectivity index is 2.28. The molecule has 5 nitrogen and oxygen atoms in total. The summed E-state index contributed by atoms with van der Waals surface area (Å²) in [5.74, 6) is -0.420. The summed E-state index contributed by atoms with van der Waals surface area (Å²) in [7, 11) is 0. The molecular weight excluding hydrogens is 263 g/mol. The fourth-order valence-electron chi connectivity index (χ4n) is 1.40. The minimum Gasteiger partial charge on any atom is -0.491 e. The van der Waals surface area contributed by atoms with E-state index in [9.17, 15) is 14.3 Å². The molecule has 3 unspecified atom stereocenters. The van der Waals surface area contributed by atoms with Gasteiger partial charge in [-0.15, -0.1) is 0 Å². The Hall–Kier alpha value is -1.66. The molecule has 20 heavy (non-hydrogen) atoms. The monoisotopic (exact) mass is 284 g/mol. The van der Waals surface area contributed by atoms with E-state index >= 15 is 0 Å². The van der Waals surface area contributed by atoms with Gasteiger partial charge in [0.05, 0.1) is 0 Å². The first-order valence-electron chi connectivity index (χ1n) is 6.50. The number of benzene rings is 1. The smallest absolute Gasteiger partial charge is 0.224 e. The van der Waals surface area contributed by atoms with Crippen molar-refractivity contribution >= 4 is 5.91 Å². The van der Waals surface area contributed by atoms with Gasteiger partial charge in [0.1, 0.15) is 24.3 Å². The summed E-state index contributed by atoms with van der Waals surface area (Å²) in [5.41, 5.74) is 5.61. The van der Waals surface area contributed by atoms with E-state index < -0.39 is 6.10 Å². The highest BCUT2D eigenvalue weighted by atomic mass is 19.1. The summed E-state index contributed by atoms with van der Waals surface area (Å²) in [6, 6.07) is 5.24. The predicted molar refractivity (Wildman–Crippen MR) is 73.7 cm³/mol. The van der Waals surface area contributed by atoms with Crippen LogP contribution in [0.2, 0.25) is 0 Å². The molecule has 0 aromatic heterocycles. The molecule has 3 atom stereocenters. The maximum absolute atomic E-state index is 12.7. The molecule has 6 heteroatoms. The van der Waals surface area contributed by atoms with Crippen LogP contribution in [0, 0.1) is 11.7 Å². The van der Waals surface area contributed by atoms with E-state index in [-0.39, 0.29) is 36.8 Å². The summed E-state index contributed by atoms with van der Waals surface area (Å²) >= 11 is 0. The molecule has 0 saturated carbocycles. The van der Waals surface area contributed by atoms with Crippen molar-refractivity contribution in [2.45, 2.75) is 26.0 Å². The quantitative estimate of drug-likeness (QED) is 0.687. The Morgan fingerprint density at radius 2 is 2.00 bits per heavy atom. The molecule has 112 valence electrons. The van der Waals surface area contributed by atoms with Crippen LogP contribution in [0.4, 0.5) is 4.39 Å². The SMILES string of the molecule is CC(N)C(C)C(=O)NCC(O)COc1ccc(F)cc1. The summed E-state index contributed by atoms with van der Waals surface area (Å²) in [6.07, 6.45) is -0.843. The third-order valence-electron chi connectivity index (χ3n) is 2.97. The number of rotatable bonds is 7. The lowest BCUT2D eigenvalue weighted by atomic mass is 10.0. The first-order chi connectivity index (χ1) is 9.40. The first kappa shape index (κ1) is 16.4. The molecule has 0 aliphatic rings. The highest BCUT2D eigenvalue weighted by Gasteiger charge is 2.17. The Morgan fingerprint density at radius 3 is 2.55 bits per heavy atom. The Labute approximate surface area is 117 Å². The zero-order valence-electron chi connectivity index (χ0n) is 11.7. The Kier molecular flexibility index (Phi) is 6.41. The lowest BCUT2D eigenvalue weighted by Gasteiger charge is -2.17. The van der Waals surface area contributed by atoms with Crippen LogP contribution in [0.25, 0.3) is 0 Å². The van der Waals surface area contributed by atoms with Gasteiger partial charge >= 0.3 is 0 Å². The molecule has 0 saturated heterocycles. The standard InChI is InChI=1S/C14H21FN2O3/c1-9(10(2)16)14(19)17-7-12(18)8-20-13-5-3-11(15)4-6-13/h3-6,9-10,12,18H,7-8,16H2,1-2H3,(H,17,19). The number of nitrogens with two attached hydrogens (primary N) is 1. The fraction of sp³-hybridized carbons (Fsp3) is 0.500. The van der Waals surface area contributed by atoms with Crippen molar-refractivity contribution in [2.24, 2.45) is 11.7 Å². The minimum absolute atomic E-state index is 0.0124. The van der Waals surface area contributed by atoms with Gasteiger partial charge in [0.25, 0.3) is 0 Å². The molecule has 0 spiro atoms. The van der Waals surface area contributed by atoms with Crippen LogP contribution in [-0.2, 0) is 4.79 Å². The van der Waals surface area contributed by atoms with E-state index in [0.717, 1.165) is 0 Å². The highest BCUT2D eigenvalue weighted by Crippen LogP contribution is 2.11. The number of halogens is 1. The van der Waals surface area contributed by atoms with E-state index in [2.05, 4.69) is 5.32 Å². The molecule has 0 aliphatic carbocycles. The van der Waals surface area contributed by atoms with Crippen LogP contribution in [-0.4, -0.2) is 36.3 Å². The molecular formula is C14H21FN2O3. The van der Waals surface area contributed by atoms with Crippen LogP contribution in [0.5, 0.6) is 5.75 Å². The van der Waals surface area contributed by atoms with Gasteiger partial charge in [-0.2, -0.15) is 0 Å². The molecule has 1 rings (SSSR count). The largest absolute Gasteiger partial charge is 0.491 e. The predicted octanol–water partition coefficient (Wildman–Crippen LogP) is 0.665. The van der Waals surface area contributed by atoms with Crippen molar-refractivity contribution in [1.82, 2.24) is 5.32 Å². The summed E-state index contributed by atoms with van der Waals surface area (Å²) < 4.78 is 17.9. The maximum Gasteiger partial charge on any atom is 0.224 e. The van der Waals surface area contributed by atoms with Gasteiger partial charge in [-0.25, -0.2) is 4.39 Å². The maximum atomic E-state index is 12.7. The second kappa shape index (κ2) is 7.81. The van der Waals surface area contributed by atoms with Crippen LogP contribution < -0.4 is 15.8 Å². The number of carbonyl (C=O) groups is 1. The normalized spacial score (nSPS) is 15.2. The minimum atomic E-state index is -0.843. The second-order valence-electron chi connectivity index (χ2n) is 4.81. The van der Waals surface area contributed by atoms with Crippen LogP contribution in [0.1, 0.15) is 13.8 Å². The third kappa shape index (κ3) is 5.54. The van der Waals surface area contributed by atoms with Crippen LogP contribution in [0.15, 0.2) is 24.3 Å². The summed E-state index contributed by atoms with van der Waals surface area (Å²) in [6.45, 7) is 3.56. The average Bonchev–Trinajstić information content (AvgIpc) is 2.43. The van der Waals surface area contributed by atoms with Gasteiger partial charge in [0.15, 0.2) is 0 Å². The van der Waals surface area contributed by atoms with Crippen LogP contribution in [0.3, 0.4) is 0 Å². The van der Waals surface area contributed by atoms with Gasteiger partial charge < -0.3 is 20.9 Å². The molecule has 0 aliphatic heterocycles. The molecule has 1 aromatic carbocycles. The van der Waals surface area contributed by atoms with Crippen molar-refractivity contribution < 1.29 is 19.0 Å². The number of hydrogen-bond donors (Lipinski definition) is 3. The van der Waals surface area contributed by atoms with E-state index in [1.807, 2.05) is 0 Å². The topological polar surface area (TPSA) is 84.6 Å². The van der Waals surface area contributed by atoms with Crippen molar-refractivity contribution in [3.05, 3.63) is 30.1 Å². The van der Waals surface area contributed by atoms with Gasteiger partial charge in [0.2, 0.25) is 5.91 Å². The summed E-state index contributed by atoms with van der Waals surface area (Å²) in [5, 5.41) is 12.3. The molecule has 4 N–H and O–H groups in total. The molecule has 0 fully saturated rings. The lowest BCUT2D eigenvalue weighted by Crippen LogP contribution is -2.42. The van der Waals surface area contributed by atoms with Gasteiger partial charge in [-0.3, -0.25) is 4.79 Å². The Morgan fingerprint density at radius 1 is 1.40 bits per heavy atom. The first-order valence-corrected chi connectivity index (χ1v) is 6.50. The lowest BCUT2D eigenvalue weighted by molar-refractivity contribution is -0.125. The van der Waals surface area contributed by atoms with Crippen molar-refractivity contribution in [2.75, 3.05) is 13.2 Å². The Bertz CT molecular complexity index is 423. The van der Waals surface area contributed by atoms with Gasteiger partial charge in [0, 0.05) is 18.5 Å². The number of amides is 1. The molecule has 0 bridgehead atoms. The highest BCUT2D eigenvalue weighted by molar-refractivity contribution is 5.78. The van der Waals surface area contributed by atoms with E-state index in [1.165, 1.54) is 24.3 Å². The van der Waals surface area contributed by atoms with Gasteiger partial charge in [-0.1, -0.05) is 6.92 Å². The molecule has 0 radical (unpaired) electrons. The van der Waals surface area contributed by atoms with E-state index in [0.29, 0.717) is 5.75 Å². The number of nitrogens with one attached hydrogen (secondary N) is 1. The van der Waals surface area contributed by atoms with E-state index in [1.54, 1.807) is 13.8 Å². The van der Waals surface area contributed by atoms with Crippen molar-refractivity contribution in [3.8, 4) is 5.75 Å². The summed E-state index contributed by atoms with van der Waals surface area (Å²) in [4.78, 5) is 11.6. The van der Waals surface area contributed by atoms with Crippen molar-refractivity contribution in [1.29, 1.82) is 0 Å². The number of carbonyl (C=O) groups excluding carboxylic acids is 1. The van der Waals surface area contributed by atoms with Gasteiger partial charge in [-0.05, 0) is 31.2 Å². The number of aliphatic hydroxyl groups excluding tert-OH is 1. The zero-order valence-corrected chi connectivity index (χ0v) is 11.7.